The molecule has 0 radical (unpaired) electrons. The molecule has 0 spiro atoms. The normalized spacial score (nSPS) is 23.5. The van der Waals surface area contributed by atoms with Crippen LogP contribution in [0.15, 0.2) is 48.5 Å². The third-order valence-corrected chi connectivity index (χ3v) is 7.13. The van der Waals surface area contributed by atoms with Gasteiger partial charge in [0.2, 0.25) is 0 Å². The summed E-state index contributed by atoms with van der Waals surface area (Å²) in [5.74, 6) is 1.68. The van der Waals surface area contributed by atoms with Crippen LogP contribution in [0.4, 0.5) is 4.39 Å². The molecule has 2 aromatic rings. The number of rotatable bonds is 6. The lowest BCUT2D eigenvalue weighted by Gasteiger charge is -2.32. The van der Waals surface area contributed by atoms with Crippen molar-refractivity contribution < 1.29 is 4.39 Å². The Hall–Kier alpha value is -1.38. The van der Waals surface area contributed by atoms with Crippen molar-refractivity contribution in [2.45, 2.75) is 76.8 Å². The van der Waals surface area contributed by atoms with Crippen molar-refractivity contribution >= 4 is 12.4 Å². The van der Waals surface area contributed by atoms with Crippen LogP contribution in [0.3, 0.4) is 0 Å². The maximum Gasteiger partial charge on any atom is 0.128 e. The van der Waals surface area contributed by atoms with Gasteiger partial charge in [-0.05, 0) is 61.1 Å². The van der Waals surface area contributed by atoms with Gasteiger partial charge in [0, 0.05) is 17.6 Å². The summed E-state index contributed by atoms with van der Waals surface area (Å²) in [6.45, 7) is 3.20. The van der Waals surface area contributed by atoms with Crippen LogP contribution in [0, 0.1) is 17.7 Å². The van der Waals surface area contributed by atoms with E-state index in [1.165, 1.54) is 56.1 Å². The number of hydrogen-bond donors (Lipinski definition) is 1. The fraction of sp³-hybridized carbons (Fsp3) is 0.538. The van der Waals surface area contributed by atoms with Gasteiger partial charge < -0.3 is 5.32 Å². The van der Waals surface area contributed by atoms with Crippen LogP contribution >= 0.6 is 12.4 Å². The van der Waals surface area contributed by atoms with Crippen LogP contribution < -0.4 is 5.32 Å². The summed E-state index contributed by atoms with van der Waals surface area (Å²) in [5.41, 5.74) is 3.43. The lowest BCUT2D eigenvalue weighted by Crippen LogP contribution is -2.40. The summed E-state index contributed by atoms with van der Waals surface area (Å²) in [5, 5.41) is 3.77. The van der Waals surface area contributed by atoms with Crippen LogP contribution in [0.5, 0.6) is 0 Å². The van der Waals surface area contributed by atoms with Gasteiger partial charge >= 0.3 is 0 Å². The van der Waals surface area contributed by atoms with Gasteiger partial charge in [-0.25, -0.2) is 4.39 Å². The first-order valence-electron chi connectivity index (χ1n) is 11.2. The highest BCUT2D eigenvalue weighted by Gasteiger charge is 2.36. The van der Waals surface area contributed by atoms with Gasteiger partial charge in [-0.2, -0.15) is 0 Å². The standard InChI is InChI=1S/C26H34FN.ClH/c1-20-11-13-21(14-12-20)17-22-7-6-8-23(18-22)19-28-26(15-4-5-16-26)24-9-2-3-10-25(24)27;/h2-3,6-10,18,20-21,28H,4-5,11-17,19H2,1H3;1H. The Morgan fingerprint density at radius 2 is 1.62 bits per heavy atom. The monoisotopic (exact) mass is 415 g/mol. The second kappa shape index (κ2) is 10.1. The maximum atomic E-state index is 14.5. The Morgan fingerprint density at radius 1 is 0.931 bits per heavy atom. The van der Waals surface area contributed by atoms with Crippen molar-refractivity contribution in [3.05, 3.63) is 71.0 Å². The van der Waals surface area contributed by atoms with Crippen LogP contribution in [0.25, 0.3) is 0 Å². The summed E-state index contributed by atoms with van der Waals surface area (Å²) in [6.07, 6.45) is 11.1. The summed E-state index contributed by atoms with van der Waals surface area (Å²) in [6, 6.07) is 16.4. The topological polar surface area (TPSA) is 12.0 Å². The first-order valence-corrected chi connectivity index (χ1v) is 11.2. The Kier molecular flexibility index (Phi) is 7.76. The number of hydrogen-bond acceptors (Lipinski definition) is 1. The highest BCUT2D eigenvalue weighted by Crippen LogP contribution is 2.40. The van der Waals surface area contributed by atoms with Crippen molar-refractivity contribution in [1.29, 1.82) is 0 Å². The molecule has 29 heavy (non-hydrogen) atoms. The second-order valence-electron chi connectivity index (χ2n) is 9.27. The van der Waals surface area contributed by atoms with Gasteiger partial charge in [-0.3, -0.25) is 0 Å². The van der Waals surface area contributed by atoms with Crippen molar-refractivity contribution in [3.8, 4) is 0 Å². The molecule has 0 aromatic heterocycles. The van der Waals surface area contributed by atoms with E-state index < -0.39 is 0 Å². The van der Waals surface area contributed by atoms with E-state index in [1.807, 2.05) is 12.1 Å². The first-order chi connectivity index (χ1) is 13.6. The molecule has 0 heterocycles. The molecule has 2 aromatic carbocycles. The maximum absolute atomic E-state index is 14.5. The largest absolute Gasteiger partial charge is 0.303 e. The predicted octanol–water partition coefficient (Wildman–Crippen LogP) is 7.18. The van der Waals surface area contributed by atoms with Crippen LogP contribution in [0.1, 0.15) is 75.0 Å². The molecule has 0 unspecified atom stereocenters. The molecule has 158 valence electrons. The third kappa shape index (κ3) is 5.41. The van der Waals surface area contributed by atoms with Crippen LogP contribution in [-0.4, -0.2) is 0 Å². The Labute approximate surface area is 181 Å². The minimum atomic E-state index is -0.207. The highest BCUT2D eigenvalue weighted by atomic mass is 35.5. The van der Waals surface area contributed by atoms with Gasteiger partial charge in [-0.15, -0.1) is 12.4 Å². The van der Waals surface area contributed by atoms with Gasteiger partial charge in [-0.1, -0.05) is 75.1 Å². The van der Waals surface area contributed by atoms with Gasteiger partial charge in [0.1, 0.15) is 5.82 Å². The van der Waals surface area contributed by atoms with E-state index in [1.54, 1.807) is 12.1 Å². The van der Waals surface area contributed by atoms with E-state index in [0.717, 1.165) is 36.8 Å². The molecule has 0 aliphatic heterocycles. The molecule has 3 heteroatoms. The molecule has 2 aliphatic rings. The molecular weight excluding hydrogens is 381 g/mol. The zero-order valence-corrected chi connectivity index (χ0v) is 18.4. The van der Waals surface area contributed by atoms with Crippen LogP contribution in [-0.2, 0) is 18.5 Å². The molecule has 0 atom stereocenters. The fourth-order valence-electron chi connectivity index (χ4n) is 5.37. The highest BCUT2D eigenvalue weighted by molar-refractivity contribution is 5.85. The lowest BCUT2D eigenvalue weighted by molar-refractivity contribution is 0.289. The van der Waals surface area contributed by atoms with Crippen molar-refractivity contribution in [1.82, 2.24) is 5.32 Å². The minimum Gasteiger partial charge on any atom is -0.303 e. The summed E-state index contributed by atoms with van der Waals surface area (Å²) >= 11 is 0. The number of halogens is 2. The van der Waals surface area contributed by atoms with E-state index >= 15 is 0 Å². The SMILES string of the molecule is CC1CCC(Cc2cccc(CNC3(c4ccccc4F)CCCC3)c2)CC1.Cl. The molecule has 1 nitrogen and oxygen atoms in total. The molecule has 2 saturated carbocycles. The number of nitrogens with one attached hydrogen (secondary N) is 1. The van der Waals surface area contributed by atoms with Gasteiger partial charge in [0.05, 0.1) is 0 Å². The zero-order valence-electron chi connectivity index (χ0n) is 17.6. The smallest absolute Gasteiger partial charge is 0.128 e. The van der Waals surface area contributed by atoms with Crippen LogP contribution in [0.2, 0.25) is 0 Å². The van der Waals surface area contributed by atoms with E-state index in [-0.39, 0.29) is 23.8 Å². The predicted molar refractivity (Wildman–Crippen MR) is 122 cm³/mol. The lowest BCUT2D eigenvalue weighted by atomic mass is 9.80. The average molecular weight is 416 g/mol. The minimum absolute atomic E-state index is 0. The summed E-state index contributed by atoms with van der Waals surface area (Å²) in [7, 11) is 0. The van der Waals surface area contributed by atoms with E-state index in [9.17, 15) is 4.39 Å². The molecule has 0 saturated heterocycles. The fourth-order valence-corrected chi connectivity index (χ4v) is 5.37. The molecule has 2 aliphatic carbocycles. The molecule has 0 amide bonds. The third-order valence-electron chi connectivity index (χ3n) is 7.13. The van der Waals surface area contributed by atoms with E-state index in [2.05, 4.69) is 36.5 Å². The molecule has 0 bridgehead atoms. The van der Waals surface area contributed by atoms with Crippen molar-refractivity contribution in [2.75, 3.05) is 0 Å². The van der Waals surface area contributed by atoms with E-state index in [0.29, 0.717) is 0 Å². The Morgan fingerprint density at radius 3 is 2.34 bits per heavy atom. The molecule has 2 fully saturated rings. The zero-order chi connectivity index (χ0) is 19.4. The van der Waals surface area contributed by atoms with Crippen molar-refractivity contribution in [2.24, 2.45) is 11.8 Å². The average Bonchev–Trinajstić information content (AvgIpc) is 3.19. The molecular formula is C26H35ClFN. The first kappa shape index (κ1) is 22.3. The second-order valence-corrected chi connectivity index (χ2v) is 9.27. The Balaban J connectivity index is 0.00000240. The quantitative estimate of drug-likeness (QED) is 0.527. The van der Waals surface area contributed by atoms with Gasteiger partial charge in [0.25, 0.3) is 0 Å². The Bertz CT molecular complexity index is 776. The molecule has 1 N–H and O–H groups in total. The number of benzene rings is 2. The molecule has 4 rings (SSSR count). The summed E-state index contributed by atoms with van der Waals surface area (Å²) in [4.78, 5) is 0. The van der Waals surface area contributed by atoms with E-state index in [4.69, 9.17) is 0 Å². The summed E-state index contributed by atoms with van der Waals surface area (Å²) < 4.78 is 14.5. The van der Waals surface area contributed by atoms with Gasteiger partial charge in [0.15, 0.2) is 0 Å². The van der Waals surface area contributed by atoms with Crippen molar-refractivity contribution in [3.63, 3.8) is 0 Å².